The van der Waals surface area contributed by atoms with E-state index < -0.39 is 0 Å². The fourth-order valence-corrected chi connectivity index (χ4v) is 2.88. The molecular formula is C16H22BrNO2. The van der Waals surface area contributed by atoms with Gasteiger partial charge in [-0.3, -0.25) is 0 Å². The highest BCUT2D eigenvalue weighted by molar-refractivity contribution is 9.10. The van der Waals surface area contributed by atoms with Gasteiger partial charge in [0.1, 0.15) is 11.3 Å². The van der Waals surface area contributed by atoms with Crippen molar-refractivity contribution < 1.29 is 9.15 Å². The number of furan rings is 1. The summed E-state index contributed by atoms with van der Waals surface area (Å²) >= 11 is 3.60. The van der Waals surface area contributed by atoms with Crippen molar-refractivity contribution in [1.29, 1.82) is 0 Å². The van der Waals surface area contributed by atoms with Gasteiger partial charge in [-0.2, -0.15) is 0 Å². The molecule has 1 heterocycles. The summed E-state index contributed by atoms with van der Waals surface area (Å²) in [6.45, 7) is 8.69. The second-order valence-electron chi connectivity index (χ2n) is 5.24. The van der Waals surface area contributed by atoms with E-state index in [9.17, 15) is 0 Å². The summed E-state index contributed by atoms with van der Waals surface area (Å²) in [6.07, 6.45) is 0. The van der Waals surface area contributed by atoms with Gasteiger partial charge in [-0.05, 0) is 30.2 Å². The maximum Gasteiger partial charge on any atom is 0.138 e. The Morgan fingerprint density at radius 1 is 1.35 bits per heavy atom. The zero-order valence-electron chi connectivity index (χ0n) is 12.5. The largest absolute Gasteiger partial charge is 0.459 e. The molecule has 0 fully saturated rings. The molecule has 0 aliphatic rings. The molecule has 1 aromatic heterocycles. The first kappa shape index (κ1) is 15.5. The summed E-state index contributed by atoms with van der Waals surface area (Å²) in [6, 6.07) is 4.26. The van der Waals surface area contributed by atoms with Gasteiger partial charge < -0.3 is 14.5 Å². The fourth-order valence-electron chi connectivity index (χ4n) is 2.40. The van der Waals surface area contributed by atoms with E-state index in [1.165, 1.54) is 5.56 Å². The lowest BCUT2D eigenvalue weighted by atomic mass is 10.00. The number of hydrogen-bond acceptors (Lipinski definition) is 3. The van der Waals surface area contributed by atoms with Crippen LogP contribution in [0, 0.1) is 0 Å². The Balaban J connectivity index is 2.62. The van der Waals surface area contributed by atoms with E-state index in [0.717, 1.165) is 39.9 Å². The van der Waals surface area contributed by atoms with Crippen molar-refractivity contribution >= 4 is 26.9 Å². The van der Waals surface area contributed by atoms with Gasteiger partial charge in [-0.25, -0.2) is 0 Å². The Morgan fingerprint density at radius 3 is 2.70 bits per heavy atom. The Morgan fingerprint density at radius 2 is 2.10 bits per heavy atom. The maximum atomic E-state index is 6.14. The molecule has 2 rings (SSSR count). The Kier molecular flexibility index (Phi) is 5.24. The quantitative estimate of drug-likeness (QED) is 0.836. The lowest BCUT2D eigenvalue weighted by Crippen LogP contribution is -2.12. The number of hydrogen-bond donors (Lipinski definition) is 1. The molecular weight excluding hydrogens is 318 g/mol. The average molecular weight is 340 g/mol. The minimum Gasteiger partial charge on any atom is -0.459 e. The molecule has 0 bridgehead atoms. The monoisotopic (exact) mass is 339 g/mol. The standard InChI is InChI=1S/C16H22BrNO2/c1-5-18-8-15-14(9-19-4)13-7-11(17)6-12(10(2)3)16(13)20-15/h6-7,10,18H,5,8-9H2,1-4H3. The molecule has 0 spiro atoms. The fraction of sp³-hybridized carbons (Fsp3) is 0.500. The van der Waals surface area contributed by atoms with E-state index in [1.54, 1.807) is 7.11 Å². The second-order valence-corrected chi connectivity index (χ2v) is 6.16. The first-order valence-electron chi connectivity index (χ1n) is 7.01. The first-order valence-corrected chi connectivity index (χ1v) is 7.81. The minimum atomic E-state index is 0.420. The normalized spacial score (nSPS) is 11.7. The van der Waals surface area contributed by atoms with E-state index in [4.69, 9.17) is 9.15 Å². The Bertz CT molecular complexity index is 590. The van der Waals surface area contributed by atoms with Crippen LogP contribution >= 0.6 is 15.9 Å². The van der Waals surface area contributed by atoms with Gasteiger partial charge in [0, 0.05) is 22.5 Å². The third-order valence-corrected chi connectivity index (χ3v) is 3.87. The van der Waals surface area contributed by atoms with Gasteiger partial charge in [0.2, 0.25) is 0 Å². The SMILES string of the molecule is CCNCc1oc2c(C(C)C)cc(Br)cc2c1COC. The van der Waals surface area contributed by atoms with Crippen LogP contribution in [0.1, 0.15) is 43.6 Å². The molecule has 3 nitrogen and oxygen atoms in total. The first-order chi connectivity index (χ1) is 9.58. The van der Waals surface area contributed by atoms with Gasteiger partial charge in [0.05, 0.1) is 13.2 Å². The molecule has 1 N–H and O–H groups in total. The molecule has 0 amide bonds. The van der Waals surface area contributed by atoms with Crippen molar-refractivity contribution in [3.05, 3.63) is 33.5 Å². The highest BCUT2D eigenvalue weighted by Crippen LogP contribution is 2.35. The highest BCUT2D eigenvalue weighted by atomic mass is 79.9. The van der Waals surface area contributed by atoms with Gasteiger partial charge >= 0.3 is 0 Å². The van der Waals surface area contributed by atoms with Crippen LogP contribution in [0.25, 0.3) is 11.0 Å². The summed E-state index contributed by atoms with van der Waals surface area (Å²) in [5, 5.41) is 4.48. The van der Waals surface area contributed by atoms with Gasteiger partial charge in [-0.1, -0.05) is 36.7 Å². The third kappa shape index (κ3) is 3.08. The maximum absolute atomic E-state index is 6.14. The van der Waals surface area contributed by atoms with Crippen molar-refractivity contribution in [3.63, 3.8) is 0 Å². The number of halogens is 1. The van der Waals surface area contributed by atoms with E-state index in [-0.39, 0.29) is 0 Å². The lowest BCUT2D eigenvalue weighted by molar-refractivity contribution is 0.183. The van der Waals surface area contributed by atoms with Crippen molar-refractivity contribution in [2.24, 2.45) is 0 Å². The van der Waals surface area contributed by atoms with Crippen LogP contribution in [0.4, 0.5) is 0 Å². The summed E-state index contributed by atoms with van der Waals surface area (Å²) in [7, 11) is 1.72. The van der Waals surface area contributed by atoms with Gasteiger partial charge in [0.25, 0.3) is 0 Å². The second kappa shape index (κ2) is 6.74. The lowest BCUT2D eigenvalue weighted by Gasteiger charge is -2.07. The molecule has 0 atom stereocenters. The van der Waals surface area contributed by atoms with Crippen LogP contribution in [0.3, 0.4) is 0 Å². The zero-order chi connectivity index (χ0) is 14.7. The highest BCUT2D eigenvalue weighted by Gasteiger charge is 2.18. The van der Waals surface area contributed by atoms with Crippen molar-refractivity contribution in [2.45, 2.75) is 39.8 Å². The zero-order valence-corrected chi connectivity index (χ0v) is 14.1. The molecule has 0 saturated carbocycles. The van der Waals surface area contributed by atoms with Crippen LogP contribution in [0.15, 0.2) is 21.0 Å². The predicted octanol–water partition coefficient (Wildman–Crippen LogP) is 4.57. The number of rotatable bonds is 6. The van der Waals surface area contributed by atoms with E-state index in [0.29, 0.717) is 12.5 Å². The summed E-state index contributed by atoms with van der Waals surface area (Å²) < 4.78 is 12.6. The molecule has 20 heavy (non-hydrogen) atoms. The number of nitrogens with one attached hydrogen (secondary N) is 1. The van der Waals surface area contributed by atoms with E-state index in [1.807, 2.05) is 0 Å². The van der Waals surface area contributed by atoms with Gasteiger partial charge in [0.15, 0.2) is 0 Å². The van der Waals surface area contributed by atoms with Crippen molar-refractivity contribution in [1.82, 2.24) is 5.32 Å². The summed E-state index contributed by atoms with van der Waals surface area (Å²) in [4.78, 5) is 0. The van der Waals surface area contributed by atoms with Crippen LogP contribution in [0.2, 0.25) is 0 Å². The molecule has 1 aromatic carbocycles. The Labute approximate surface area is 128 Å². The predicted molar refractivity (Wildman–Crippen MR) is 86.1 cm³/mol. The van der Waals surface area contributed by atoms with Crippen molar-refractivity contribution in [2.75, 3.05) is 13.7 Å². The van der Waals surface area contributed by atoms with Crippen LogP contribution < -0.4 is 5.32 Å². The topological polar surface area (TPSA) is 34.4 Å². The van der Waals surface area contributed by atoms with Crippen LogP contribution in [-0.2, 0) is 17.9 Å². The summed E-state index contributed by atoms with van der Waals surface area (Å²) in [5.41, 5.74) is 3.37. The van der Waals surface area contributed by atoms with E-state index in [2.05, 4.69) is 54.2 Å². The molecule has 2 aromatic rings. The molecule has 0 aliphatic heterocycles. The number of benzene rings is 1. The smallest absolute Gasteiger partial charge is 0.138 e. The molecule has 0 saturated heterocycles. The number of methoxy groups -OCH3 is 1. The van der Waals surface area contributed by atoms with Crippen LogP contribution in [-0.4, -0.2) is 13.7 Å². The molecule has 0 aliphatic carbocycles. The minimum absolute atomic E-state index is 0.420. The average Bonchev–Trinajstić information content (AvgIpc) is 2.74. The van der Waals surface area contributed by atoms with Gasteiger partial charge in [-0.15, -0.1) is 0 Å². The van der Waals surface area contributed by atoms with Crippen molar-refractivity contribution in [3.8, 4) is 0 Å². The molecule has 4 heteroatoms. The third-order valence-electron chi connectivity index (χ3n) is 3.42. The molecule has 110 valence electrons. The Hall–Kier alpha value is -0.840. The van der Waals surface area contributed by atoms with Crippen LogP contribution in [0.5, 0.6) is 0 Å². The number of ether oxygens (including phenoxy) is 1. The molecule has 0 radical (unpaired) electrons. The molecule has 0 unspecified atom stereocenters. The van der Waals surface area contributed by atoms with E-state index >= 15 is 0 Å². The number of fused-ring (bicyclic) bond motifs is 1. The summed E-state index contributed by atoms with van der Waals surface area (Å²) in [5.74, 6) is 1.40.